The first-order valence-electron chi connectivity index (χ1n) is 5.67. The smallest absolute Gasteiger partial charge is 0.326 e. The summed E-state index contributed by atoms with van der Waals surface area (Å²) in [5.74, 6) is -2.47. The second kappa shape index (κ2) is 7.44. The number of carboxylic acids is 1. The van der Waals surface area contributed by atoms with E-state index in [1.165, 1.54) is 25.3 Å². The van der Waals surface area contributed by atoms with Gasteiger partial charge in [0.1, 0.15) is 16.9 Å². The SMILES string of the molecule is COC(=O)CCC(NC(=O)c1cccc(Cl)n1)C(=O)O. The number of methoxy groups -OCH3 is 1. The predicted octanol–water partition coefficient (Wildman–Crippen LogP) is 0.871. The molecule has 1 aromatic rings. The van der Waals surface area contributed by atoms with Crippen LogP contribution in [-0.2, 0) is 14.3 Å². The summed E-state index contributed by atoms with van der Waals surface area (Å²) < 4.78 is 4.41. The molecule has 108 valence electrons. The van der Waals surface area contributed by atoms with Crippen LogP contribution >= 0.6 is 11.6 Å². The van der Waals surface area contributed by atoms with E-state index in [2.05, 4.69) is 15.0 Å². The number of hydrogen-bond donors (Lipinski definition) is 2. The first-order chi connectivity index (χ1) is 9.43. The topological polar surface area (TPSA) is 106 Å². The van der Waals surface area contributed by atoms with Crippen molar-refractivity contribution in [2.45, 2.75) is 18.9 Å². The highest BCUT2D eigenvalue weighted by atomic mass is 35.5. The Labute approximate surface area is 119 Å². The number of carbonyl (C=O) groups excluding carboxylic acids is 2. The van der Waals surface area contributed by atoms with Crippen LogP contribution in [0.2, 0.25) is 5.15 Å². The molecule has 1 aromatic heterocycles. The van der Waals surface area contributed by atoms with Gasteiger partial charge in [-0.15, -0.1) is 0 Å². The number of esters is 1. The molecule has 0 spiro atoms. The maximum Gasteiger partial charge on any atom is 0.326 e. The number of rotatable bonds is 6. The summed E-state index contributed by atoms with van der Waals surface area (Å²) in [6.07, 6.45) is -0.189. The molecule has 0 aromatic carbocycles. The minimum atomic E-state index is -1.25. The maximum absolute atomic E-state index is 11.8. The maximum atomic E-state index is 11.8. The summed E-state index contributed by atoms with van der Waals surface area (Å²) in [7, 11) is 1.20. The van der Waals surface area contributed by atoms with Gasteiger partial charge in [0.2, 0.25) is 0 Å². The van der Waals surface area contributed by atoms with Crippen LogP contribution in [0.4, 0.5) is 0 Å². The van der Waals surface area contributed by atoms with Crippen molar-refractivity contribution >= 4 is 29.4 Å². The standard InChI is InChI=1S/C12H13ClN2O5/c1-20-10(16)6-5-8(12(18)19)15-11(17)7-3-2-4-9(13)14-7/h2-4,8H,5-6H2,1H3,(H,15,17)(H,18,19). The van der Waals surface area contributed by atoms with E-state index < -0.39 is 23.9 Å². The van der Waals surface area contributed by atoms with E-state index in [0.29, 0.717) is 0 Å². The molecular formula is C12H13ClN2O5. The molecule has 0 aliphatic carbocycles. The van der Waals surface area contributed by atoms with E-state index in [0.717, 1.165) is 0 Å². The number of nitrogens with zero attached hydrogens (tertiary/aromatic N) is 1. The van der Waals surface area contributed by atoms with E-state index in [4.69, 9.17) is 16.7 Å². The van der Waals surface area contributed by atoms with Crippen molar-refractivity contribution in [1.29, 1.82) is 0 Å². The largest absolute Gasteiger partial charge is 0.480 e. The Balaban J connectivity index is 2.68. The average molecular weight is 301 g/mol. The number of pyridine rings is 1. The van der Waals surface area contributed by atoms with Crippen molar-refractivity contribution in [2.75, 3.05) is 7.11 Å². The molecule has 1 amide bonds. The van der Waals surface area contributed by atoms with Gasteiger partial charge in [0.05, 0.1) is 7.11 Å². The van der Waals surface area contributed by atoms with Gasteiger partial charge in [-0.1, -0.05) is 17.7 Å². The van der Waals surface area contributed by atoms with Gasteiger partial charge in [-0.25, -0.2) is 9.78 Å². The molecular weight excluding hydrogens is 288 g/mol. The molecule has 1 unspecified atom stereocenters. The minimum absolute atomic E-state index is 0.00168. The summed E-state index contributed by atoms with van der Waals surface area (Å²) in [5, 5.41) is 11.4. The Kier molecular flexibility index (Phi) is 5.92. The van der Waals surface area contributed by atoms with Crippen LogP contribution in [-0.4, -0.2) is 41.1 Å². The molecule has 1 heterocycles. The lowest BCUT2D eigenvalue weighted by Crippen LogP contribution is -2.41. The van der Waals surface area contributed by atoms with Crippen LogP contribution in [0.1, 0.15) is 23.3 Å². The number of ether oxygens (including phenoxy) is 1. The summed E-state index contributed by atoms with van der Waals surface area (Å²) in [6.45, 7) is 0. The molecule has 8 heteroatoms. The molecule has 0 saturated heterocycles. The van der Waals surface area contributed by atoms with Crippen molar-refractivity contribution in [1.82, 2.24) is 10.3 Å². The van der Waals surface area contributed by atoms with Gasteiger partial charge in [-0.3, -0.25) is 9.59 Å². The highest BCUT2D eigenvalue weighted by Crippen LogP contribution is 2.06. The van der Waals surface area contributed by atoms with Crippen LogP contribution in [0, 0.1) is 0 Å². The molecule has 0 aliphatic rings. The van der Waals surface area contributed by atoms with Gasteiger partial charge < -0.3 is 15.2 Å². The number of carbonyl (C=O) groups is 3. The predicted molar refractivity (Wildman–Crippen MR) is 69.4 cm³/mol. The zero-order chi connectivity index (χ0) is 15.1. The van der Waals surface area contributed by atoms with E-state index in [1.807, 2.05) is 0 Å². The Morgan fingerprint density at radius 3 is 2.70 bits per heavy atom. The van der Waals surface area contributed by atoms with Gasteiger partial charge in [0.25, 0.3) is 5.91 Å². The van der Waals surface area contributed by atoms with Crippen LogP contribution in [0.5, 0.6) is 0 Å². The first-order valence-corrected chi connectivity index (χ1v) is 6.05. The molecule has 7 nitrogen and oxygen atoms in total. The van der Waals surface area contributed by atoms with E-state index in [-0.39, 0.29) is 23.7 Å². The van der Waals surface area contributed by atoms with Crippen LogP contribution in [0.25, 0.3) is 0 Å². The number of hydrogen-bond acceptors (Lipinski definition) is 5. The third kappa shape index (κ3) is 4.85. The Hall–Kier alpha value is -2.15. The Bertz CT molecular complexity index is 520. The van der Waals surface area contributed by atoms with Crippen molar-refractivity contribution < 1.29 is 24.2 Å². The van der Waals surface area contributed by atoms with E-state index in [9.17, 15) is 14.4 Å². The first kappa shape index (κ1) is 15.9. The average Bonchev–Trinajstić information content (AvgIpc) is 2.42. The second-order valence-electron chi connectivity index (χ2n) is 3.82. The lowest BCUT2D eigenvalue weighted by atomic mass is 10.1. The third-order valence-electron chi connectivity index (χ3n) is 2.42. The Morgan fingerprint density at radius 2 is 2.15 bits per heavy atom. The fourth-order valence-corrected chi connectivity index (χ4v) is 1.55. The van der Waals surface area contributed by atoms with Gasteiger partial charge in [0.15, 0.2) is 0 Å². The number of aromatic nitrogens is 1. The summed E-state index contributed by atoms with van der Waals surface area (Å²) in [4.78, 5) is 37.6. The van der Waals surface area contributed by atoms with Gasteiger partial charge in [-0.05, 0) is 18.6 Å². The van der Waals surface area contributed by atoms with Crippen molar-refractivity contribution in [3.63, 3.8) is 0 Å². The second-order valence-corrected chi connectivity index (χ2v) is 4.21. The normalized spacial score (nSPS) is 11.5. The fourth-order valence-electron chi connectivity index (χ4n) is 1.39. The minimum Gasteiger partial charge on any atom is -0.480 e. The van der Waals surface area contributed by atoms with Gasteiger partial charge in [0, 0.05) is 6.42 Å². The van der Waals surface area contributed by atoms with Crippen molar-refractivity contribution in [2.24, 2.45) is 0 Å². The number of amides is 1. The van der Waals surface area contributed by atoms with Gasteiger partial charge >= 0.3 is 11.9 Å². The molecule has 0 radical (unpaired) electrons. The lowest BCUT2D eigenvalue weighted by molar-refractivity contribution is -0.142. The zero-order valence-electron chi connectivity index (χ0n) is 10.6. The molecule has 0 fully saturated rings. The van der Waals surface area contributed by atoms with E-state index in [1.54, 1.807) is 0 Å². The summed E-state index contributed by atoms with van der Waals surface area (Å²) >= 11 is 5.64. The van der Waals surface area contributed by atoms with Crippen molar-refractivity contribution in [3.8, 4) is 0 Å². The number of carboxylic acid groups (broad SMARTS) is 1. The third-order valence-corrected chi connectivity index (χ3v) is 2.63. The van der Waals surface area contributed by atoms with E-state index >= 15 is 0 Å². The molecule has 20 heavy (non-hydrogen) atoms. The molecule has 1 atom stereocenters. The number of halogens is 1. The molecule has 1 rings (SSSR count). The quantitative estimate of drug-likeness (QED) is 0.596. The highest BCUT2D eigenvalue weighted by molar-refractivity contribution is 6.29. The van der Waals surface area contributed by atoms with Crippen LogP contribution < -0.4 is 5.32 Å². The van der Waals surface area contributed by atoms with Gasteiger partial charge in [-0.2, -0.15) is 0 Å². The van der Waals surface area contributed by atoms with Crippen molar-refractivity contribution in [3.05, 3.63) is 29.0 Å². The highest BCUT2D eigenvalue weighted by Gasteiger charge is 2.22. The Morgan fingerprint density at radius 1 is 1.45 bits per heavy atom. The molecule has 0 saturated carbocycles. The van der Waals surface area contributed by atoms with Crippen LogP contribution in [0.15, 0.2) is 18.2 Å². The zero-order valence-corrected chi connectivity index (χ0v) is 11.4. The monoisotopic (exact) mass is 300 g/mol. The fraction of sp³-hybridized carbons (Fsp3) is 0.333. The number of aliphatic carboxylic acids is 1. The lowest BCUT2D eigenvalue weighted by Gasteiger charge is -2.13. The summed E-state index contributed by atoms with van der Waals surface area (Å²) in [6, 6.07) is 3.21. The van der Waals surface area contributed by atoms with Crippen LogP contribution in [0.3, 0.4) is 0 Å². The number of nitrogens with one attached hydrogen (secondary N) is 1. The molecule has 2 N–H and O–H groups in total. The molecule has 0 aliphatic heterocycles. The molecule has 0 bridgehead atoms. The summed E-state index contributed by atoms with van der Waals surface area (Å²) in [5.41, 5.74) is 0.00168.